The van der Waals surface area contributed by atoms with Gasteiger partial charge in [0.2, 0.25) is 5.91 Å². The molecule has 0 bridgehead atoms. The number of benzene rings is 1. The first kappa shape index (κ1) is 19.5. The third kappa shape index (κ3) is 5.57. The molecule has 0 aliphatic carbocycles. The number of nitrogens with one attached hydrogen (secondary N) is 1. The lowest BCUT2D eigenvalue weighted by atomic mass is 10.0. The number of rotatable bonds is 6. The Morgan fingerprint density at radius 2 is 1.92 bits per heavy atom. The van der Waals surface area contributed by atoms with Gasteiger partial charge in [-0.3, -0.25) is 9.59 Å². The normalized spacial score (nSPS) is 12.7. The molecule has 1 aromatic heterocycles. The predicted molar refractivity (Wildman–Crippen MR) is 90.9 cm³/mol. The van der Waals surface area contributed by atoms with E-state index < -0.39 is 23.7 Å². The van der Waals surface area contributed by atoms with Gasteiger partial charge >= 0.3 is 6.18 Å². The van der Waals surface area contributed by atoms with Crippen molar-refractivity contribution in [1.29, 1.82) is 0 Å². The van der Waals surface area contributed by atoms with Crippen molar-refractivity contribution < 1.29 is 22.8 Å². The molecule has 0 fully saturated rings. The van der Waals surface area contributed by atoms with Gasteiger partial charge in [0.1, 0.15) is 0 Å². The molecule has 134 valence electrons. The Kier molecular flexibility index (Phi) is 6.24. The molecule has 0 aliphatic heterocycles. The van der Waals surface area contributed by atoms with Gasteiger partial charge in [-0.15, -0.1) is 11.3 Å². The van der Waals surface area contributed by atoms with Crippen molar-refractivity contribution >= 4 is 34.6 Å². The summed E-state index contributed by atoms with van der Waals surface area (Å²) in [6, 6.07) is 7.39. The van der Waals surface area contributed by atoms with Gasteiger partial charge in [0.05, 0.1) is 20.8 Å². The first-order valence-electron chi connectivity index (χ1n) is 7.42. The molecule has 2 aromatic rings. The largest absolute Gasteiger partial charge is 0.416 e. The minimum atomic E-state index is -4.44. The predicted octanol–water partition coefficient (Wildman–Crippen LogP) is 5.26. The highest BCUT2D eigenvalue weighted by Gasteiger charge is 2.30. The zero-order chi connectivity index (χ0) is 18.6. The molecule has 1 amide bonds. The SMILES string of the molecule is CC(NC(=O)CCC(=O)c1ccc(Cl)s1)c1cccc(C(F)(F)F)c1. The standard InChI is InChI=1S/C17H15ClF3NO2S/c1-10(11-3-2-4-12(9-11)17(19,20)21)22-16(24)8-5-13(23)14-6-7-15(18)25-14/h2-4,6-7,9-10H,5,8H2,1H3,(H,22,24). The number of carbonyl (C=O) groups excluding carboxylic acids is 2. The van der Waals surface area contributed by atoms with Crippen LogP contribution in [-0.2, 0) is 11.0 Å². The summed E-state index contributed by atoms with van der Waals surface area (Å²) in [5, 5.41) is 2.61. The number of hydrogen-bond acceptors (Lipinski definition) is 3. The maximum absolute atomic E-state index is 12.7. The maximum atomic E-state index is 12.7. The van der Waals surface area contributed by atoms with Crippen LogP contribution in [0.15, 0.2) is 36.4 Å². The number of Topliss-reactive ketones (excluding diaryl/α,β-unsaturated/α-hetero) is 1. The fourth-order valence-corrected chi connectivity index (χ4v) is 3.21. The number of amides is 1. The average molecular weight is 390 g/mol. The molecule has 1 unspecified atom stereocenters. The van der Waals surface area contributed by atoms with E-state index in [1.807, 2.05) is 0 Å². The summed E-state index contributed by atoms with van der Waals surface area (Å²) < 4.78 is 38.7. The number of halogens is 4. The molecule has 0 radical (unpaired) electrons. The van der Waals surface area contributed by atoms with Crippen LogP contribution in [0.4, 0.5) is 13.2 Å². The molecule has 8 heteroatoms. The quantitative estimate of drug-likeness (QED) is 0.685. The van der Waals surface area contributed by atoms with E-state index >= 15 is 0 Å². The van der Waals surface area contributed by atoms with Crippen LogP contribution in [0.25, 0.3) is 0 Å². The van der Waals surface area contributed by atoms with Crippen molar-refractivity contribution in [3.8, 4) is 0 Å². The Morgan fingerprint density at radius 3 is 2.52 bits per heavy atom. The lowest BCUT2D eigenvalue weighted by molar-refractivity contribution is -0.137. The topological polar surface area (TPSA) is 46.2 Å². The summed E-state index contributed by atoms with van der Waals surface area (Å²) in [5.74, 6) is -0.598. The van der Waals surface area contributed by atoms with Crippen LogP contribution >= 0.6 is 22.9 Å². The minimum Gasteiger partial charge on any atom is -0.350 e. The minimum absolute atomic E-state index is 0.0119. The number of thiophene rings is 1. The summed E-state index contributed by atoms with van der Waals surface area (Å²) in [5.41, 5.74) is -0.421. The molecule has 0 saturated carbocycles. The van der Waals surface area contributed by atoms with Crippen molar-refractivity contribution in [3.63, 3.8) is 0 Å². The smallest absolute Gasteiger partial charge is 0.350 e. The van der Waals surface area contributed by atoms with Crippen LogP contribution < -0.4 is 5.32 Å². The molecular weight excluding hydrogens is 375 g/mol. The lowest BCUT2D eigenvalue weighted by Crippen LogP contribution is -2.27. The molecule has 2 rings (SSSR count). The number of ketones is 1. The van der Waals surface area contributed by atoms with E-state index in [1.54, 1.807) is 19.1 Å². The highest BCUT2D eigenvalue weighted by atomic mass is 35.5. The van der Waals surface area contributed by atoms with Crippen molar-refractivity contribution in [1.82, 2.24) is 5.32 Å². The summed E-state index contributed by atoms with van der Waals surface area (Å²) in [4.78, 5) is 24.3. The Labute approximate surface area is 151 Å². The van der Waals surface area contributed by atoms with E-state index in [1.165, 1.54) is 12.1 Å². The van der Waals surface area contributed by atoms with E-state index in [0.717, 1.165) is 23.5 Å². The highest BCUT2D eigenvalue weighted by Crippen LogP contribution is 2.30. The van der Waals surface area contributed by atoms with Crippen LogP contribution in [0.5, 0.6) is 0 Å². The highest BCUT2D eigenvalue weighted by molar-refractivity contribution is 7.18. The summed E-state index contributed by atoms with van der Waals surface area (Å²) in [6.45, 7) is 1.59. The van der Waals surface area contributed by atoms with Gasteiger partial charge in [-0.05, 0) is 36.8 Å². The van der Waals surface area contributed by atoms with Gasteiger partial charge in [-0.2, -0.15) is 13.2 Å². The Morgan fingerprint density at radius 1 is 1.20 bits per heavy atom. The molecule has 1 atom stereocenters. The molecule has 1 heterocycles. The molecule has 1 N–H and O–H groups in total. The fourth-order valence-electron chi connectivity index (χ4n) is 2.20. The second-order valence-corrected chi connectivity index (χ2v) is 7.15. The van der Waals surface area contributed by atoms with Gasteiger partial charge in [-0.25, -0.2) is 0 Å². The number of hydrogen-bond donors (Lipinski definition) is 1. The van der Waals surface area contributed by atoms with Crippen LogP contribution in [-0.4, -0.2) is 11.7 Å². The summed E-state index contributed by atoms with van der Waals surface area (Å²) in [6.07, 6.45) is -4.47. The molecule has 25 heavy (non-hydrogen) atoms. The van der Waals surface area contributed by atoms with Crippen molar-refractivity contribution in [2.75, 3.05) is 0 Å². The summed E-state index contributed by atoms with van der Waals surface area (Å²) >= 11 is 6.90. The third-order valence-electron chi connectivity index (χ3n) is 3.52. The van der Waals surface area contributed by atoms with Gasteiger partial charge in [0, 0.05) is 12.8 Å². The fraction of sp³-hybridized carbons (Fsp3) is 0.294. The molecule has 0 aliphatic rings. The number of alkyl halides is 3. The molecular formula is C17H15ClF3NO2S. The Balaban J connectivity index is 1.91. The van der Waals surface area contributed by atoms with Gasteiger partial charge in [0.25, 0.3) is 0 Å². The van der Waals surface area contributed by atoms with Crippen LogP contribution in [0, 0.1) is 0 Å². The van der Waals surface area contributed by atoms with Crippen LogP contribution in [0.1, 0.15) is 46.6 Å². The van der Waals surface area contributed by atoms with Crippen molar-refractivity contribution in [2.45, 2.75) is 32.0 Å². The first-order valence-corrected chi connectivity index (χ1v) is 8.61. The first-order chi connectivity index (χ1) is 11.7. The van der Waals surface area contributed by atoms with Gasteiger partial charge in [-0.1, -0.05) is 23.7 Å². The van der Waals surface area contributed by atoms with Gasteiger partial charge in [0.15, 0.2) is 5.78 Å². The molecule has 1 aromatic carbocycles. The van der Waals surface area contributed by atoms with E-state index in [-0.39, 0.29) is 18.6 Å². The maximum Gasteiger partial charge on any atom is 0.416 e. The zero-order valence-electron chi connectivity index (χ0n) is 13.2. The number of carbonyl (C=O) groups is 2. The van der Waals surface area contributed by atoms with Crippen molar-refractivity contribution in [3.05, 3.63) is 56.7 Å². The Hall–Kier alpha value is -1.86. The van der Waals surface area contributed by atoms with Gasteiger partial charge < -0.3 is 5.32 Å². The van der Waals surface area contributed by atoms with Crippen LogP contribution in [0.3, 0.4) is 0 Å². The lowest BCUT2D eigenvalue weighted by Gasteiger charge is -2.16. The molecule has 3 nitrogen and oxygen atoms in total. The summed E-state index contributed by atoms with van der Waals surface area (Å²) in [7, 11) is 0. The van der Waals surface area contributed by atoms with Crippen molar-refractivity contribution in [2.24, 2.45) is 0 Å². The van der Waals surface area contributed by atoms with E-state index in [4.69, 9.17) is 11.6 Å². The monoisotopic (exact) mass is 389 g/mol. The second kappa shape index (κ2) is 8.01. The Bertz CT molecular complexity index is 773. The van der Waals surface area contributed by atoms with Crippen LogP contribution in [0.2, 0.25) is 4.34 Å². The molecule has 0 saturated heterocycles. The van der Waals surface area contributed by atoms with E-state index in [9.17, 15) is 22.8 Å². The average Bonchev–Trinajstić information content (AvgIpc) is 2.98. The van der Waals surface area contributed by atoms with E-state index in [2.05, 4.69) is 5.32 Å². The zero-order valence-corrected chi connectivity index (χ0v) is 14.8. The second-order valence-electron chi connectivity index (χ2n) is 5.44. The van der Waals surface area contributed by atoms with E-state index in [0.29, 0.717) is 14.8 Å². The molecule has 0 spiro atoms. The third-order valence-corrected chi connectivity index (χ3v) is 4.79.